The van der Waals surface area contributed by atoms with E-state index in [0.29, 0.717) is 66.2 Å². The van der Waals surface area contributed by atoms with Crippen LogP contribution < -0.4 is 25.8 Å². The second kappa shape index (κ2) is 8.35. The molecule has 6 rings (SSSR count). The molecule has 0 saturated carbocycles. The second-order valence-corrected chi connectivity index (χ2v) is 8.82. The van der Waals surface area contributed by atoms with Crippen molar-refractivity contribution in [3.05, 3.63) is 58.3 Å². The Morgan fingerprint density at radius 1 is 1.17 bits per heavy atom. The molecule has 0 aliphatic carbocycles. The fourth-order valence-electron chi connectivity index (χ4n) is 4.94. The number of ether oxygens (including phenoxy) is 2. The molecule has 5 heterocycles. The quantitative estimate of drug-likeness (QED) is 0.522. The highest BCUT2D eigenvalue weighted by Gasteiger charge is 2.33. The number of halogens is 1. The van der Waals surface area contributed by atoms with Gasteiger partial charge in [-0.05, 0) is 43.7 Å². The molecular formula is C24H22FN5O5. The Labute approximate surface area is 198 Å². The fraction of sp³-hybridized carbons (Fsp3) is 0.333. The van der Waals surface area contributed by atoms with Crippen molar-refractivity contribution >= 4 is 34.4 Å². The Bertz CT molecular complexity index is 1420. The number of anilines is 2. The van der Waals surface area contributed by atoms with E-state index in [-0.39, 0.29) is 30.2 Å². The van der Waals surface area contributed by atoms with Crippen molar-refractivity contribution in [2.75, 3.05) is 29.9 Å². The van der Waals surface area contributed by atoms with Gasteiger partial charge in [0.2, 0.25) is 0 Å². The van der Waals surface area contributed by atoms with Gasteiger partial charge in [-0.1, -0.05) is 0 Å². The van der Waals surface area contributed by atoms with Gasteiger partial charge >= 0.3 is 6.09 Å². The molecule has 3 aromatic rings. The lowest BCUT2D eigenvalue weighted by Gasteiger charge is -2.20. The fourth-order valence-corrected chi connectivity index (χ4v) is 4.94. The molecule has 10 nitrogen and oxygen atoms in total. The maximum atomic E-state index is 14.6. The number of aromatic nitrogens is 2. The molecule has 2 amide bonds. The van der Waals surface area contributed by atoms with E-state index in [9.17, 15) is 18.8 Å². The molecule has 35 heavy (non-hydrogen) atoms. The minimum absolute atomic E-state index is 0.0312. The number of hydrogen-bond acceptors (Lipinski definition) is 7. The maximum absolute atomic E-state index is 14.6. The van der Waals surface area contributed by atoms with E-state index in [1.54, 1.807) is 28.8 Å². The van der Waals surface area contributed by atoms with Gasteiger partial charge in [-0.15, -0.1) is 0 Å². The second-order valence-electron chi connectivity index (χ2n) is 8.82. The number of cyclic esters (lactones) is 1. The highest BCUT2D eigenvalue weighted by atomic mass is 19.1. The molecule has 0 bridgehead atoms. The SMILES string of the molecule is O=C1COc2ccc(N3C[C@H](CCCN[C@@H]4Cn5c(=O)ccc6ncc(F)c4c65)OC3=O)cc2N1. The number of fused-ring (bicyclic) bond motifs is 1. The largest absolute Gasteiger partial charge is 0.482 e. The van der Waals surface area contributed by atoms with Gasteiger partial charge in [0.25, 0.3) is 11.5 Å². The predicted octanol–water partition coefficient (Wildman–Crippen LogP) is 2.32. The van der Waals surface area contributed by atoms with Crippen LogP contribution in [0.1, 0.15) is 24.4 Å². The van der Waals surface area contributed by atoms with Gasteiger partial charge < -0.3 is 24.7 Å². The summed E-state index contributed by atoms with van der Waals surface area (Å²) in [6.07, 6.45) is 1.76. The van der Waals surface area contributed by atoms with E-state index in [4.69, 9.17) is 9.47 Å². The van der Waals surface area contributed by atoms with Crippen LogP contribution in [0, 0.1) is 5.82 Å². The van der Waals surface area contributed by atoms with E-state index in [0.717, 1.165) is 0 Å². The Kier molecular flexibility index (Phi) is 5.14. The van der Waals surface area contributed by atoms with Crippen LogP contribution in [0.2, 0.25) is 0 Å². The minimum Gasteiger partial charge on any atom is -0.482 e. The molecule has 2 N–H and O–H groups in total. The summed E-state index contributed by atoms with van der Waals surface area (Å²) < 4.78 is 27.0. The summed E-state index contributed by atoms with van der Waals surface area (Å²) >= 11 is 0. The van der Waals surface area contributed by atoms with Crippen LogP contribution in [0.15, 0.2) is 41.3 Å². The van der Waals surface area contributed by atoms with Gasteiger partial charge in [0.15, 0.2) is 6.61 Å². The molecule has 1 fully saturated rings. The van der Waals surface area contributed by atoms with Gasteiger partial charge in [-0.2, -0.15) is 0 Å². The van der Waals surface area contributed by atoms with Crippen LogP contribution in [0.5, 0.6) is 5.75 Å². The minimum atomic E-state index is -0.446. The summed E-state index contributed by atoms with van der Waals surface area (Å²) in [6, 6.07) is 7.90. The molecule has 11 heteroatoms. The Hall–Kier alpha value is -3.99. The number of hydrogen-bond donors (Lipinski definition) is 2. The van der Waals surface area contributed by atoms with Crippen LogP contribution in [-0.2, 0) is 16.1 Å². The van der Waals surface area contributed by atoms with Crippen LogP contribution in [-0.4, -0.2) is 47.4 Å². The summed E-state index contributed by atoms with van der Waals surface area (Å²) in [5.74, 6) is -0.117. The van der Waals surface area contributed by atoms with Gasteiger partial charge in [0, 0.05) is 23.9 Å². The first-order chi connectivity index (χ1) is 17.0. The van der Waals surface area contributed by atoms with Gasteiger partial charge in [0.1, 0.15) is 17.7 Å². The average molecular weight is 479 g/mol. The van der Waals surface area contributed by atoms with E-state index in [1.807, 2.05) is 0 Å². The van der Waals surface area contributed by atoms with Crippen molar-refractivity contribution in [1.82, 2.24) is 14.9 Å². The first kappa shape index (κ1) is 21.5. The molecule has 2 aromatic heterocycles. The molecular weight excluding hydrogens is 457 g/mol. The van der Waals surface area contributed by atoms with Crippen molar-refractivity contribution in [3.63, 3.8) is 0 Å². The lowest BCUT2D eigenvalue weighted by atomic mass is 10.1. The molecule has 0 radical (unpaired) electrons. The Balaban J connectivity index is 1.06. The highest BCUT2D eigenvalue weighted by Crippen LogP contribution is 2.34. The summed E-state index contributed by atoms with van der Waals surface area (Å²) in [5, 5.41) is 6.07. The van der Waals surface area contributed by atoms with E-state index in [2.05, 4.69) is 15.6 Å². The average Bonchev–Trinajstić information content (AvgIpc) is 3.42. The van der Waals surface area contributed by atoms with Gasteiger partial charge in [-0.3, -0.25) is 19.5 Å². The summed E-state index contributed by atoms with van der Waals surface area (Å²) in [4.78, 5) is 41.9. The number of amides is 2. The molecule has 1 saturated heterocycles. The van der Waals surface area contributed by atoms with E-state index < -0.39 is 11.9 Å². The van der Waals surface area contributed by atoms with Crippen LogP contribution in [0.3, 0.4) is 0 Å². The molecule has 1 aromatic carbocycles. The summed E-state index contributed by atoms with van der Waals surface area (Å²) in [5.41, 5.74) is 2.56. The zero-order valence-electron chi connectivity index (χ0n) is 18.6. The molecule has 3 aliphatic heterocycles. The van der Waals surface area contributed by atoms with Crippen LogP contribution in [0.4, 0.5) is 20.6 Å². The number of pyridine rings is 2. The van der Waals surface area contributed by atoms with Crippen molar-refractivity contribution in [3.8, 4) is 5.75 Å². The summed E-state index contributed by atoms with van der Waals surface area (Å²) in [6.45, 7) is 1.26. The highest BCUT2D eigenvalue weighted by molar-refractivity contribution is 5.97. The van der Waals surface area contributed by atoms with Gasteiger partial charge in [-0.25, -0.2) is 9.18 Å². The first-order valence-corrected chi connectivity index (χ1v) is 11.4. The monoisotopic (exact) mass is 479 g/mol. The lowest BCUT2D eigenvalue weighted by Crippen LogP contribution is -2.28. The smallest absolute Gasteiger partial charge is 0.414 e. The molecule has 0 unspecified atom stereocenters. The van der Waals surface area contributed by atoms with Crippen molar-refractivity contribution in [1.29, 1.82) is 0 Å². The Morgan fingerprint density at radius 3 is 2.94 bits per heavy atom. The third-order valence-electron chi connectivity index (χ3n) is 6.58. The normalized spacial score (nSPS) is 20.5. The topological polar surface area (TPSA) is 115 Å². The third kappa shape index (κ3) is 3.77. The lowest BCUT2D eigenvalue weighted by molar-refractivity contribution is -0.118. The van der Waals surface area contributed by atoms with E-state index >= 15 is 0 Å². The third-order valence-corrected chi connectivity index (χ3v) is 6.58. The number of nitrogens with one attached hydrogen (secondary N) is 2. The summed E-state index contributed by atoms with van der Waals surface area (Å²) in [7, 11) is 0. The number of rotatable bonds is 6. The number of benzene rings is 1. The number of carbonyl (C=O) groups excluding carboxylic acids is 2. The van der Waals surface area contributed by atoms with Crippen molar-refractivity contribution < 1.29 is 23.5 Å². The number of nitrogens with zero attached hydrogens (tertiary/aromatic N) is 3. The van der Waals surface area contributed by atoms with Crippen molar-refractivity contribution in [2.45, 2.75) is 31.5 Å². The molecule has 2 atom stereocenters. The van der Waals surface area contributed by atoms with E-state index in [1.165, 1.54) is 17.2 Å². The zero-order valence-corrected chi connectivity index (χ0v) is 18.6. The molecule has 3 aliphatic rings. The molecule has 0 spiro atoms. The van der Waals surface area contributed by atoms with Crippen LogP contribution >= 0.6 is 0 Å². The zero-order chi connectivity index (χ0) is 24.1. The van der Waals surface area contributed by atoms with Gasteiger partial charge in [0.05, 0.1) is 35.5 Å². The predicted molar refractivity (Wildman–Crippen MR) is 124 cm³/mol. The van der Waals surface area contributed by atoms with Crippen molar-refractivity contribution in [2.24, 2.45) is 0 Å². The Morgan fingerprint density at radius 2 is 2.06 bits per heavy atom. The first-order valence-electron chi connectivity index (χ1n) is 11.4. The standard InChI is InChI=1S/C24H22FN5O5/c25-15-9-27-16-4-6-21(32)30-11-18(22(15)23(16)30)26-7-1-2-14-10-29(24(33)35-14)13-3-5-19-17(8-13)28-20(31)12-34-19/h3-6,8-9,14,18,26H,1-2,7,10-12H2,(H,28,31)/t14-,18+/m0/s1. The number of carbonyl (C=O) groups is 2. The maximum Gasteiger partial charge on any atom is 0.414 e. The van der Waals surface area contributed by atoms with Crippen LogP contribution in [0.25, 0.3) is 11.0 Å². The molecule has 180 valence electrons.